The predicted molar refractivity (Wildman–Crippen MR) is 109 cm³/mol. The Morgan fingerprint density at radius 2 is 1.58 bits per heavy atom. The van der Waals surface area contributed by atoms with Crippen LogP contribution in [0.4, 0.5) is 26.3 Å². The van der Waals surface area contributed by atoms with E-state index in [1.54, 1.807) is 12.1 Å². The van der Waals surface area contributed by atoms with E-state index in [-0.39, 0.29) is 11.1 Å². The SMILES string of the molecule is O=C(NC(c1ccc(C(F)(F)F)cc1)c1ncccc1C(F)(F)F)c1cccc(I)c1. The molecular formula is C21H13F6IN2O. The number of nitrogens with zero attached hydrogens (tertiary/aromatic N) is 1. The number of alkyl halides is 6. The molecule has 0 aliphatic carbocycles. The summed E-state index contributed by atoms with van der Waals surface area (Å²) in [6.45, 7) is 0. The van der Waals surface area contributed by atoms with Gasteiger partial charge in [0, 0.05) is 15.3 Å². The molecule has 10 heteroatoms. The molecule has 3 aromatic rings. The third kappa shape index (κ3) is 5.54. The summed E-state index contributed by atoms with van der Waals surface area (Å²) in [6.07, 6.45) is -8.26. The van der Waals surface area contributed by atoms with Crippen molar-refractivity contribution in [3.05, 3.63) is 98.4 Å². The van der Waals surface area contributed by atoms with E-state index in [1.807, 2.05) is 22.6 Å². The van der Waals surface area contributed by atoms with E-state index in [1.165, 1.54) is 12.1 Å². The normalized spacial score (nSPS) is 13.0. The Bertz CT molecular complexity index is 1080. The number of pyridine rings is 1. The fourth-order valence-electron chi connectivity index (χ4n) is 2.91. The van der Waals surface area contributed by atoms with Gasteiger partial charge in [0.2, 0.25) is 0 Å². The van der Waals surface area contributed by atoms with Crippen molar-refractivity contribution in [1.29, 1.82) is 0 Å². The van der Waals surface area contributed by atoms with Gasteiger partial charge in [-0.3, -0.25) is 9.78 Å². The molecule has 0 spiro atoms. The Morgan fingerprint density at radius 3 is 2.16 bits per heavy atom. The van der Waals surface area contributed by atoms with E-state index in [0.29, 0.717) is 0 Å². The van der Waals surface area contributed by atoms with Crippen LogP contribution in [0.5, 0.6) is 0 Å². The number of amides is 1. The maximum atomic E-state index is 13.6. The van der Waals surface area contributed by atoms with E-state index >= 15 is 0 Å². The molecular weight excluding hydrogens is 537 g/mol. The number of rotatable bonds is 4. The lowest BCUT2D eigenvalue weighted by molar-refractivity contribution is -0.139. The van der Waals surface area contributed by atoms with Crippen molar-refractivity contribution in [2.24, 2.45) is 0 Å². The molecule has 0 aliphatic rings. The van der Waals surface area contributed by atoms with Gasteiger partial charge in [-0.05, 0) is 70.6 Å². The molecule has 0 saturated carbocycles. The number of benzene rings is 2. The molecule has 0 fully saturated rings. The number of carbonyl (C=O) groups is 1. The molecule has 1 atom stereocenters. The molecule has 0 bridgehead atoms. The molecule has 0 radical (unpaired) electrons. The Kier molecular flexibility index (Phi) is 6.58. The number of aromatic nitrogens is 1. The average Bonchev–Trinajstić information content (AvgIpc) is 2.71. The highest BCUT2D eigenvalue weighted by Crippen LogP contribution is 2.36. The van der Waals surface area contributed by atoms with Gasteiger partial charge in [0.05, 0.1) is 22.9 Å². The van der Waals surface area contributed by atoms with Crippen molar-refractivity contribution in [3.63, 3.8) is 0 Å². The zero-order valence-electron chi connectivity index (χ0n) is 15.4. The van der Waals surface area contributed by atoms with Crippen LogP contribution in [-0.4, -0.2) is 10.9 Å². The predicted octanol–water partition coefficient (Wildman–Crippen LogP) is 6.24. The summed E-state index contributed by atoms with van der Waals surface area (Å²) >= 11 is 1.97. The molecule has 0 saturated heterocycles. The summed E-state index contributed by atoms with van der Waals surface area (Å²) < 4.78 is 80.1. The number of halogens is 7. The second kappa shape index (κ2) is 8.85. The van der Waals surface area contributed by atoms with Crippen molar-refractivity contribution < 1.29 is 31.1 Å². The zero-order chi connectivity index (χ0) is 22.8. The number of hydrogen-bond donors (Lipinski definition) is 1. The topological polar surface area (TPSA) is 42.0 Å². The third-order valence-electron chi connectivity index (χ3n) is 4.35. The van der Waals surface area contributed by atoms with Crippen LogP contribution in [0.1, 0.15) is 38.8 Å². The zero-order valence-corrected chi connectivity index (χ0v) is 17.6. The van der Waals surface area contributed by atoms with Crippen molar-refractivity contribution in [2.45, 2.75) is 18.4 Å². The van der Waals surface area contributed by atoms with E-state index in [0.717, 1.165) is 46.2 Å². The number of hydrogen-bond acceptors (Lipinski definition) is 2. The first-order valence-electron chi connectivity index (χ1n) is 8.72. The van der Waals surface area contributed by atoms with Crippen LogP contribution in [0.15, 0.2) is 66.9 Å². The first kappa shape index (κ1) is 23.0. The molecule has 31 heavy (non-hydrogen) atoms. The first-order chi connectivity index (χ1) is 14.5. The Labute approximate surface area is 186 Å². The van der Waals surface area contributed by atoms with Gasteiger partial charge in [-0.25, -0.2) is 0 Å². The van der Waals surface area contributed by atoms with Crippen LogP contribution < -0.4 is 5.32 Å². The van der Waals surface area contributed by atoms with Crippen LogP contribution in [0, 0.1) is 3.57 Å². The van der Waals surface area contributed by atoms with E-state index in [2.05, 4.69) is 10.3 Å². The summed E-state index contributed by atoms with van der Waals surface area (Å²) in [5.74, 6) is -0.692. The molecule has 1 unspecified atom stereocenters. The minimum Gasteiger partial charge on any atom is -0.340 e. The molecule has 2 aromatic carbocycles. The lowest BCUT2D eigenvalue weighted by Gasteiger charge is -2.23. The van der Waals surface area contributed by atoms with Crippen molar-refractivity contribution in [1.82, 2.24) is 10.3 Å². The molecule has 162 valence electrons. The maximum Gasteiger partial charge on any atom is 0.418 e. The van der Waals surface area contributed by atoms with Gasteiger partial charge in [-0.1, -0.05) is 18.2 Å². The standard InChI is InChI=1S/C21H13F6IN2O/c22-20(23,24)14-8-6-12(7-9-14)17(18-16(21(25,26)27)5-2-10-29-18)30-19(31)13-3-1-4-15(28)11-13/h1-11,17H,(H,30,31). The quantitative estimate of drug-likeness (QED) is 0.309. The van der Waals surface area contributed by atoms with Crippen LogP contribution in [0.25, 0.3) is 0 Å². The smallest absolute Gasteiger partial charge is 0.340 e. The van der Waals surface area contributed by atoms with E-state index < -0.39 is 41.1 Å². The highest BCUT2D eigenvalue weighted by atomic mass is 127. The van der Waals surface area contributed by atoms with Crippen molar-refractivity contribution in [2.75, 3.05) is 0 Å². The average molecular weight is 550 g/mol. The molecule has 1 N–H and O–H groups in total. The van der Waals surface area contributed by atoms with E-state index in [9.17, 15) is 31.1 Å². The largest absolute Gasteiger partial charge is 0.418 e. The fourth-order valence-corrected chi connectivity index (χ4v) is 3.45. The van der Waals surface area contributed by atoms with Gasteiger partial charge in [0.1, 0.15) is 0 Å². The van der Waals surface area contributed by atoms with Gasteiger partial charge in [-0.15, -0.1) is 0 Å². The highest BCUT2D eigenvalue weighted by Gasteiger charge is 2.37. The second-order valence-corrected chi connectivity index (χ2v) is 7.72. The first-order valence-corrected chi connectivity index (χ1v) is 9.80. The van der Waals surface area contributed by atoms with Crippen molar-refractivity contribution >= 4 is 28.5 Å². The molecule has 0 aliphatic heterocycles. The molecule has 1 heterocycles. The highest BCUT2D eigenvalue weighted by molar-refractivity contribution is 14.1. The maximum absolute atomic E-state index is 13.6. The van der Waals surface area contributed by atoms with Crippen LogP contribution >= 0.6 is 22.6 Å². The summed E-state index contributed by atoms with van der Waals surface area (Å²) in [6, 6.07) is 10.4. The number of nitrogens with one attached hydrogen (secondary N) is 1. The minimum absolute atomic E-state index is 0.0242. The summed E-state index contributed by atoms with van der Waals surface area (Å²) in [4.78, 5) is 16.5. The van der Waals surface area contributed by atoms with Gasteiger partial charge in [0.15, 0.2) is 0 Å². The van der Waals surface area contributed by atoms with Gasteiger partial charge >= 0.3 is 12.4 Å². The molecule has 1 amide bonds. The van der Waals surface area contributed by atoms with Gasteiger partial charge < -0.3 is 5.32 Å². The monoisotopic (exact) mass is 550 g/mol. The molecule has 3 rings (SSSR count). The van der Waals surface area contributed by atoms with Crippen molar-refractivity contribution in [3.8, 4) is 0 Å². The Morgan fingerprint density at radius 1 is 0.903 bits per heavy atom. The summed E-state index contributed by atoms with van der Waals surface area (Å²) in [7, 11) is 0. The molecule has 3 nitrogen and oxygen atoms in total. The van der Waals surface area contributed by atoms with Crippen LogP contribution in [0.2, 0.25) is 0 Å². The van der Waals surface area contributed by atoms with Crippen LogP contribution in [-0.2, 0) is 12.4 Å². The fraction of sp³-hybridized carbons (Fsp3) is 0.143. The molecule has 1 aromatic heterocycles. The lowest BCUT2D eigenvalue weighted by atomic mass is 9.97. The lowest BCUT2D eigenvalue weighted by Crippen LogP contribution is -2.31. The Balaban J connectivity index is 2.08. The van der Waals surface area contributed by atoms with Gasteiger partial charge in [0.25, 0.3) is 5.91 Å². The summed E-state index contributed by atoms with van der Waals surface area (Å²) in [5, 5.41) is 2.48. The minimum atomic E-state index is -4.78. The van der Waals surface area contributed by atoms with Gasteiger partial charge in [-0.2, -0.15) is 26.3 Å². The Hall–Kier alpha value is -2.63. The van der Waals surface area contributed by atoms with E-state index in [4.69, 9.17) is 0 Å². The van der Waals surface area contributed by atoms with Crippen LogP contribution in [0.3, 0.4) is 0 Å². The summed E-state index contributed by atoms with van der Waals surface area (Å²) in [5.41, 5.74) is -2.36. The third-order valence-corrected chi connectivity index (χ3v) is 5.02. The number of carbonyl (C=O) groups excluding carboxylic acids is 1. The second-order valence-electron chi connectivity index (χ2n) is 6.47.